The third kappa shape index (κ3) is 33.9. The van der Waals surface area contributed by atoms with Crippen molar-refractivity contribution in [3.05, 3.63) is 0 Å². The monoisotopic (exact) mass is 1280 g/mol. The van der Waals surface area contributed by atoms with Crippen LogP contribution in [0.1, 0.15) is 128 Å². The molecule has 1 fully saturated rings. The van der Waals surface area contributed by atoms with E-state index in [0.717, 1.165) is 0 Å². The highest BCUT2D eigenvalue weighted by molar-refractivity contribution is 5.98. The Morgan fingerprint density at radius 3 is 1.07 bits per heavy atom. The quantitative estimate of drug-likeness (QED) is 0.0153. The third-order valence-corrected chi connectivity index (χ3v) is 13.9. The maximum absolute atomic E-state index is 14.8. The van der Waals surface area contributed by atoms with Gasteiger partial charge in [0.15, 0.2) is 29.8 Å². The minimum absolute atomic E-state index is 0.000383. The molecule has 1 heterocycles. The predicted molar refractivity (Wildman–Crippen MR) is 338 cm³/mol. The van der Waals surface area contributed by atoms with Crippen LogP contribution in [0, 0.1) is 0 Å². The first kappa shape index (κ1) is 78.9. The van der Waals surface area contributed by atoms with Gasteiger partial charge in [0, 0.05) is 45.7 Å². The highest BCUT2D eigenvalue weighted by Crippen LogP contribution is 2.21. The van der Waals surface area contributed by atoms with Gasteiger partial charge in [0.25, 0.3) is 0 Å². The Hall–Kier alpha value is -9.07. The first-order valence-corrected chi connectivity index (χ1v) is 30.0. The number of likely N-dealkylation sites (tertiary alicyclic amines) is 1. The van der Waals surface area contributed by atoms with Crippen molar-refractivity contribution in [1.29, 1.82) is 0 Å². The predicted octanol–water partition coefficient (Wildman–Crippen LogP) is -9.43. The Labute approximate surface area is 523 Å². The summed E-state index contributed by atoms with van der Waals surface area (Å²) < 4.78 is 0. The van der Waals surface area contributed by atoms with Crippen LogP contribution in [0.2, 0.25) is 0 Å². The molecule has 1 rings (SSSR count). The highest BCUT2D eigenvalue weighted by Gasteiger charge is 2.40. The van der Waals surface area contributed by atoms with E-state index in [4.69, 9.17) is 80.3 Å². The second kappa shape index (κ2) is 44.4. The molecule has 0 saturated carbocycles. The third-order valence-electron chi connectivity index (χ3n) is 13.9. The molecule has 1 aliphatic heterocycles. The van der Waals surface area contributed by atoms with Gasteiger partial charge in [-0.2, -0.15) is 0 Å². The number of carboxylic acid groups (broad SMARTS) is 1. The van der Waals surface area contributed by atoms with E-state index in [1.165, 1.54) is 4.90 Å². The SMILES string of the molecule is NCCCC[C@H](NC(=O)[C@H](CCCCN)NC(=O)[C@@H](N)CCCN=C(N)N)C(=O)N[C@@H](CCCN=C(N)N)C(=O)N1CCC[C@H]1C(=O)N[C@@H](CCC(N)=O)C(=O)N[C@@H](CCCN=C(N)N)C(=O)N[C@@H](CCCN=C(N)N)C(=O)N[C@@H](CCCN=C(N)N)C(=O)O. The minimum atomic E-state index is -1.59. The molecule has 0 spiro atoms. The summed E-state index contributed by atoms with van der Waals surface area (Å²) in [5.41, 5.74) is 77.9. The standard InChI is InChI=1S/C52H101N27O11/c53-21-3-1-12-30(72-39(81)29(55)11-5-23-67-48(57)58)40(82)73-31(13-2-4-22-54)42(84)77-35(16-8-26-70-51(63)64)46(88)79-28-10-18-37(79)45(87)76-34(19-20-38(56)80)44(86)75-32(14-6-24-68-49(59)60)41(83)74-33(15-7-25-69-50(61)62)43(85)78-36(47(89)90)17-9-27-71-52(65)66/h29-37H,1-28,53-55H2,(H2,56,80)(H,72,81)(H,73,82)(H,74,83)(H,75,86)(H,76,87)(H,77,84)(H,78,85)(H,89,90)(H4,57,58,67)(H4,59,60,68)(H4,61,62,69)(H4,63,64,70)(H4,65,66,71)/t29-,30-,31-,32-,33-,34-,35-,36-,37-/m0/s1. The normalized spacial score (nSPS) is 15.2. The molecule has 510 valence electrons. The minimum Gasteiger partial charge on any atom is -0.480 e. The van der Waals surface area contributed by atoms with Gasteiger partial charge in [-0.25, -0.2) is 4.79 Å². The van der Waals surface area contributed by atoms with Crippen LogP contribution in [-0.2, 0) is 47.9 Å². The van der Waals surface area contributed by atoms with E-state index in [-0.39, 0.29) is 159 Å². The molecule has 1 saturated heterocycles. The van der Waals surface area contributed by atoms with E-state index in [1.807, 2.05) is 0 Å². The average molecular weight is 1280 g/mol. The highest BCUT2D eigenvalue weighted by atomic mass is 16.4. The molecule has 38 heteroatoms. The molecule has 90 heavy (non-hydrogen) atoms. The average Bonchev–Trinajstić information content (AvgIpc) is 1.83. The van der Waals surface area contributed by atoms with Crippen molar-refractivity contribution in [2.24, 2.45) is 105 Å². The molecule has 0 unspecified atom stereocenters. The molecule has 9 amide bonds. The zero-order valence-electron chi connectivity index (χ0n) is 51.3. The van der Waals surface area contributed by atoms with Gasteiger partial charge in [0.05, 0.1) is 6.04 Å². The Morgan fingerprint density at radius 2 is 0.711 bits per heavy atom. The molecule has 0 aromatic carbocycles. The molecular formula is C52H101N27O11. The molecule has 0 aliphatic carbocycles. The topological polar surface area (TPSA) is 704 Å². The summed E-state index contributed by atoms with van der Waals surface area (Å²) in [5.74, 6) is -9.99. The van der Waals surface area contributed by atoms with Crippen molar-refractivity contribution in [3.63, 3.8) is 0 Å². The summed E-state index contributed by atoms with van der Waals surface area (Å²) in [6.45, 7) is 0.802. The molecule has 38 nitrogen and oxygen atoms in total. The molecule has 36 N–H and O–H groups in total. The second-order valence-corrected chi connectivity index (χ2v) is 21.4. The number of unbranched alkanes of at least 4 members (excludes halogenated alkanes) is 2. The number of hydrogen-bond acceptors (Lipinski definition) is 18. The van der Waals surface area contributed by atoms with Gasteiger partial charge in [-0.1, -0.05) is 0 Å². The van der Waals surface area contributed by atoms with Crippen LogP contribution < -0.4 is 117 Å². The maximum atomic E-state index is 14.8. The lowest BCUT2D eigenvalue weighted by Gasteiger charge is -2.31. The van der Waals surface area contributed by atoms with Crippen molar-refractivity contribution in [2.75, 3.05) is 52.4 Å². The molecule has 0 radical (unpaired) electrons. The zero-order valence-corrected chi connectivity index (χ0v) is 51.3. The first-order chi connectivity index (χ1) is 42.6. The number of nitrogens with one attached hydrogen (secondary N) is 7. The van der Waals surface area contributed by atoms with E-state index in [2.05, 4.69) is 62.2 Å². The summed E-state index contributed by atoms with van der Waals surface area (Å²) in [7, 11) is 0. The summed E-state index contributed by atoms with van der Waals surface area (Å²) in [6.07, 6.45) is 1.86. The van der Waals surface area contributed by atoms with Crippen molar-refractivity contribution < 1.29 is 53.1 Å². The summed E-state index contributed by atoms with van der Waals surface area (Å²) in [6, 6.07) is -12.1. The van der Waals surface area contributed by atoms with E-state index in [1.54, 1.807) is 0 Å². The van der Waals surface area contributed by atoms with Gasteiger partial charge in [0.1, 0.15) is 48.3 Å². The maximum Gasteiger partial charge on any atom is 0.326 e. The number of aliphatic carboxylic acids is 1. The molecule has 0 aromatic rings. The number of carbonyl (C=O) groups excluding carboxylic acids is 9. The number of rotatable bonds is 47. The fraction of sp³-hybridized carbons (Fsp3) is 0.712. The lowest BCUT2D eigenvalue weighted by Crippen LogP contribution is -2.60. The lowest BCUT2D eigenvalue weighted by atomic mass is 10.0. The Balaban J connectivity index is 3.68. The van der Waals surface area contributed by atoms with Crippen molar-refractivity contribution >= 4 is 88.9 Å². The summed E-state index contributed by atoms with van der Waals surface area (Å²) in [5, 5.41) is 28.3. The lowest BCUT2D eigenvalue weighted by molar-refractivity contribution is -0.143. The van der Waals surface area contributed by atoms with Crippen LogP contribution in [0.25, 0.3) is 0 Å². The van der Waals surface area contributed by atoms with Crippen molar-refractivity contribution in [3.8, 4) is 0 Å². The number of nitrogens with two attached hydrogens (primary N) is 14. The molecule has 0 bridgehead atoms. The number of carbonyl (C=O) groups is 10. The van der Waals surface area contributed by atoms with Crippen molar-refractivity contribution in [2.45, 2.75) is 183 Å². The second-order valence-electron chi connectivity index (χ2n) is 21.4. The Kier molecular flexibility index (Phi) is 38.9. The Morgan fingerprint density at radius 1 is 0.400 bits per heavy atom. The summed E-state index contributed by atoms with van der Waals surface area (Å²) >= 11 is 0. The number of aliphatic imine (C=N–C) groups is 5. The Bertz CT molecular complexity index is 2460. The van der Waals surface area contributed by atoms with Crippen LogP contribution in [-0.4, -0.2) is 206 Å². The number of amides is 9. The van der Waals surface area contributed by atoms with Crippen LogP contribution in [0.4, 0.5) is 0 Å². The molecule has 0 aromatic heterocycles. The van der Waals surface area contributed by atoms with Crippen LogP contribution >= 0.6 is 0 Å². The number of nitrogens with zero attached hydrogens (tertiary/aromatic N) is 6. The largest absolute Gasteiger partial charge is 0.480 e. The van der Waals surface area contributed by atoms with E-state index < -0.39 is 126 Å². The fourth-order valence-corrected chi connectivity index (χ4v) is 9.21. The zero-order chi connectivity index (χ0) is 67.7. The molecule has 9 atom stereocenters. The molecular weight excluding hydrogens is 1180 g/mol. The van der Waals surface area contributed by atoms with Gasteiger partial charge in [-0.05, 0) is 135 Å². The van der Waals surface area contributed by atoms with Crippen LogP contribution in [0.3, 0.4) is 0 Å². The van der Waals surface area contributed by atoms with E-state index in [9.17, 15) is 53.1 Å². The van der Waals surface area contributed by atoms with Gasteiger partial charge in [-0.15, -0.1) is 0 Å². The van der Waals surface area contributed by atoms with E-state index in [0.29, 0.717) is 38.6 Å². The summed E-state index contributed by atoms with van der Waals surface area (Å²) in [4.78, 5) is 159. The van der Waals surface area contributed by atoms with Gasteiger partial charge >= 0.3 is 5.97 Å². The number of hydrogen-bond donors (Lipinski definition) is 22. The van der Waals surface area contributed by atoms with E-state index >= 15 is 0 Å². The first-order valence-electron chi connectivity index (χ1n) is 30.0. The fourth-order valence-electron chi connectivity index (χ4n) is 9.21. The van der Waals surface area contributed by atoms with Gasteiger partial charge in [0.2, 0.25) is 53.2 Å². The van der Waals surface area contributed by atoms with Gasteiger partial charge in [-0.3, -0.25) is 68.1 Å². The number of primary amides is 1. The van der Waals surface area contributed by atoms with Gasteiger partial charge < -0.3 is 127 Å². The number of carboxylic acids is 1. The van der Waals surface area contributed by atoms with Crippen LogP contribution in [0.5, 0.6) is 0 Å². The smallest absolute Gasteiger partial charge is 0.326 e. The van der Waals surface area contributed by atoms with Crippen LogP contribution in [0.15, 0.2) is 25.0 Å². The molecule has 1 aliphatic rings. The van der Waals surface area contributed by atoms with Crippen molar-refractivity contribution in [1.82, 2.24) is 42.1 Å². The number of guanidine groups is 5.